The van der Waals surface area contributed by atoms with Gasteiger partial charge in [0.05, 0.1) is 0 Å². The summed E-state index contributed by atoms with van der Waals surface area (Å²) in [4.78, 5) is 14.1. The molecule has 1 saturated heterocycles. The topological polar surface area (TPSA) is 32.3 Å². The van der Waals surface area contributed by atoms with Crippen LogP contribution in [0.25, 0.3) is 0 Å². The Morgan fingerprint density at radius 2 is 1.96 bits per heavy atom. The van der Waals surface area contributed by atoms with E-state index in [4.69, 9.17) is 4.98 Å². The number of fused-ring (bicyclic) bond motifs is 3. The summed E-state index contributed by atoms with van der Waals surface area (Å²) in [6.45, 7) is 5.65. The summed E-state index contributed by atoms with van der Waals surface area (Å²) in [5.41, 5.74) is 5.76. The Hall–Kier alpha value is -1.94. The minimum absolute atomic E-state index is 0.283. The van der Waals surface area contributed by atoms with Crippen molar-refractivity contribution in [2.45, 2.75) is 31.1 Å². The van der Waals surface area contributed by atoms with E-state index in [-0.39, 0.29) is 5.41 Å². The standard InChI is InChI=1S/C19H22N4/c1-13-7-8-15-17(13)18(21-12-20-15)23-11-19(9-22(2)10-19)14-5-3-4-6-16(14)23/h3-6,12-13H,7-11H2,1-2H3/t13-/m1/s1. The van der Waals surface area contributed by atoms with E-state index in [1.807, 2.05) is 0 Å². The molecule has 0 saturated carbocycles. The number of para-hydroxylation sites is 1. The molecule has 5 rings (SSSR count). The number of likely N-dealkylation sites (tertiary alicyclic amines) is 1. The maximum atomic E-state index is 4.73. The number of aromatic nitrogens is 2. The van der Waals surface area contributed by atoms with E-state index in [0.717, 1.165) is 31.9 Å². The van der Waals surface area contributed by atoms with E-state index in [1.54, 1.807) is 6.33 Å². The minimum atomic E-state index is 0.283. The van der Waals surface area contributed by atoms with Crippen LogP contribution in [-0.2, 0) is 11.8 Å². The van der Waals surface area contributed by atoms with E-state index >= 15 is 0 Å². The number of benzene rings is 1. The fraction of sp³-hybridized carbons (Fsp3) is 0.474. The first kappa shape index (κ1) is 13.5. The van der Waals surface area contributed by atoms with Gasteiger partial charge in [0.2, 0.25) is 0 Å². The molecule has 2 aromatic rings. The van der Waals surface area contributed by atoms with E-state index in [9.17, 15) is 0 Å². The Balaban J connectivity index is 1.65. The van der Waals surface area contributed by atoms with Crippen LogP contribution in [0.1, 0.15) is 36.1 Å². The van der Waals surface area contributed by atoms with Gasteiger partial charge in [-0.25, -0.2) is 9.97 Å². The summed E-state index contributed by atoms with van der Waals surface area (Å²) < 4.78 is 0. The molecule has 2 aliphatic heterocycles. The molecule has 0 amide bonds. The number of nitrogens with zero attached hydrogens (tertiary/aromatic N) is 4. The van der Waals surface area contributed by atoms with Crippen molar-refractivity contribution in [3.63, 3.8) is 0 Å². The van der Waals surface area contributed by atoms with Crippen molar-refractivity contribution < 1.29 is 0 Å². The summed E-state index contributed by atoms with van der Waals surface area (Å²) in [5, 5.41) is 0. The van der Waals surface area contributed by atoms with Crippen LogP contribution in [0.5, 0.6) is 0 Å². The summed E-state index contributed by atoms with van der Waals surface area (Å²) in [7, 11) is 2.21. The van der Waals surface area contributed by atoms with Gasteiger partial charge < -0.3 is 9.80 Å². The summed E-state index contributed by atoms with van der Waals surface area (Å²) in [6, 6.07) is 8.90. The quantitative estimate of drug-likeness (QED) is 0.811. The monoisotopic (exact) mass is 306 g/mol. The van der Waals surface area contributed by atoms with Crippen LogP contribution in [0.3, 0.4) is 0 Å². The van der Waals surface area contributed by atoms with E-state index < -0.39 is 0 Å². The molecule has 1 aromatic heterocycles. The predicted octanol–water partition coefficient (Wildman–Crippen LogP) is 2.86. The molecular formula is C19H22N4. The Labute approximate surface area is 137 Å². The second-order valence-electron chi connectivity index (χ2n) is 7.55. The first-order valence-electron chi connectivity index (χ1n) is 8.57. The van der Waals surface area contributed by atoms with E-state index in [1.165, 1.54) is 28.9 Å². The van der Waals surface area contributed by atoms with Crippen molar-refractivity contribution in [2.24, 2.45) is 0 Å². The molecule has 3 aliphatic rings. The van der Waals surface area contributed by atoms with Crippen LogP contribution < -0.4 is 4.90 Å². The molecule has 0 radical (unpaired) electrons. The maximum Gasteiger partial charge on any atom is 0.140 e. The smallest absolute Gasteiger partial charge is 0.140 e. The molecule has 1 atom stereocenters. The van der Waals surface area contributed by atoms with Crippen molar-refractivity contribution in [1.29, 1.82) is 0 Å². The fourth-order valence-corrected chi connectivity index (χ4v) is 4.91. The molecule has 3 heterocycles. The van der Waals surface area contributed by atoms with Gasteiger partial charge in [0.25, 0.3) is 0 Å². The van der Waals surface area contributed by atoms with Crippen molar-refractivity contribution in [3.8, 4) is 0 Å². The zero-order chi connectivity index (χ0) is 15.6. The van der Waals surface area contributed by atoms with Crippen LogP contribution in [0.4, 0.5) is 11.5 Å². The van der Waals surface area contributed by atoms with Crippen molar-refractivity contribution >= 4 is 11.5 Å². The van der Waals surface area contributed by atoms with E-state index in [2.05, 4.69) is 53.0 Å². The molecule has 1 fully saturated rings. The SMILES string of the molecule is C[C@@H]1CCc2ncnc(N3CC4(CN(C)C4)c4ccccc43)c21. The zero-order valence-electron chi connectivity index (χ0n) is 13.8. The molecule has 1 aromatic carbocycles. The van der Waals surface area contributed by atoms with Gasteiger partial charge in [-0.2, -0.15) is 0 Å². The number of hydrogen-bond acceptors (Lipinski definition) is 4. The normalized spacial score (nSPS) is 24.6. The third-order valence-electron chi connectivity index (χ3n) is 5.88. The average molecular weight is 306 g/mol. The van der Waals surface area contributed by atoms with Crippen LogP contribution in [0.2, 0.25) is 0 Å². The number of anilines is 2. The molecule has 118 valence electrons. The molecule has 4 heteroatoms. The van der Waals surface area contributed by atoms with Crippen molar-refractivity contribution in [1.82, 2.24) is 14.9 Å². The second-order valence-corrected chi connectivity index (χ2v) is 7.55. The lowest BCUT2D eigenvalue weighted by atomic mass is 9.76. The van der Waals surface area contributed by atoms with Crippen LogP contribution in [-0.4, -0.2) is 41.5 Å². The first-order chi connectivity index (χ1) is 11.2. The molecule has 23 heavy (non-hydrogen) atoms. The Kier molecular flexibility index (Phi) is 2.66. The summed E-state index contributed by atoms with van der Waals surface area (Å²) in [5.74, 6) is 1.72. The lowest BCUT2D eigenvalue weighted by Gasteiger charge is -2.46. The van der Waals surface area contributed by atoms with Crippen molar-refractivity contribution in [3.05, 3.63) is 47.4 Å². The van der Waals surface area contributed by atoms with Gasteiger partial charge >= 0.3 is 0 Å². The summed E-state index contributed by atoms with van der Waals surface area (Å²) >= 11 is 0. The van der Waals surface area contributed by atoms with Crippen molar-refractivity contribution in [2.75, 3.05) is 31.6 Å². The highest BCUT2D eigenvalue weighted by Crippen LogP contribution is 2.50. The fourth-order valence-electron chi connectivity index (χ4n) is 4.91. The maximum absolute atomic E-state index is 4.73. The Morgan fingerprint density at radius 1 is 1.13 bits per heavy atom. The third-order valence-corrected chi connectivity index (χ3v) is 5.88. The van der Waals surface area contributed by atoms with Crippen LogP contribution in [0.15, 0.2) is 30.6 Å². The van der Waals surface area contributed by atoms with Gasteiger partial charge in [-0.05, 0) is 37.4 Å². The highest BCUT2D eigenvalue weighted by Gasteiger charge is 2.50. The predicted molar refractivity (Wildman–Crippen MR) is 91.4 cm³/mol. The molecule has 0 unspecified atom stereocenters. The highest BCUT2D eigenvalue weighted by molar-refractivity contribution is 5.74. The zero-order valence-corrected chi connectivity index (χ0v) is 13.8. The second kappa shape index (κ2) is 4.54. The highest BCUT2D eigenvalue weighted by atomic mass is 15.3. The molecule has 1 aliphatic carbocycles. The summed E-state index contributed by atoms with van der Waals surface area (Å²) in [6.07, 6.45) is 4.05. The van der Waals surface area contributed by atoms with Gasteiger partial charge in [0, 0.05) is 42.0 Å². The molecule has 0 N–H and O–H groups in total. The third kappa shape index (κ3) is 1.75. The lowest BCUT2D eigenvalue weighted by molar-refractivity contribution is 0.107. The van der Waals surface area contributed by atoms with Gasteiger partial charge in [0.15, 0.2) is 0 Å². The van der Waals surface area contributed by atoms with E-state index in [0.29, 0.717) is 5.92 Å². The number of likely N-dealkylation sites (N-methyl/N-ethyl adjacent to an activating group) is 1. The number of aryl methyl sites for hydroxylation is 1. The molecule has 1 spiro atoms. The number of rotatable bonds is 1. The van der Waals surface area contributed by atoms with Gasteiger partial charge in [0.1, 0.15) is 12.1 Å². The first-order valence-corrected chi connectivity index (χ1v) is 8.57. The Bertz CT molecular complexity index is 779. The largest absolute Gasteiger partial charge is 0.325 e. The number of hydrogen-bond donors (Lipinski definition) is 0. The molecule has 4 nitrogen and oxygen atoms in total. The minimum Gasteiger partial charge on any atom is -0.325 e. The Morgan fingerprint density at radius 3 is 2.78 bits per heavy atom. The van der Waals surface area contributed by atoms with Crippen LogP contribution >= 0.6 is 0 Å². The van der Waals surface area contributed by atoms with Gasteiger partial charge in [-0.15, -0.1) is 0 Å². The lowest BCUT2D eigenvalue weighted by Crippen LogP contribution is -2.59. The molecular weight excluding hydrogens is 284 g/mol. The van der Waals surface area contributed by atoms with Gasteiger partial charge in [-0.1, -0.05) is 25.1 Å². The van der Waals surface area contributed by atoms with Gasteiger partial charge in [-0.3, -0.25) is 0 Å². The van der Waals surface area contributed by atoms with Crippen LogP contribution in [0, 0.1) is 0 Å². The average Bonchev–Trinajstić information content (AvgIpc) is 3.07. The molecule has 0 bridgehead atoms.